The van der Waals surface area contributed by atoms with Crippen LogP contribution in [-0.4, -0.2) is 57.1 Å². The van der Waals surface area contributed by atoms with Crippen LogP contribution in [0.15, 0.2) is 54.6 Å². The topological polar surface area (TPSA) is 47.6 Å². The predicted octanol–water partition coefficient (Wildman–Crippen LogP) is 9.41. The van der Waals surface area contributed by atoms with Crippen LogP contribution in [0.3, 0.4) is 0 Å². The summed E-state index contributed by atoms with van der Waals surface area (Å²) in [5, 5.41) is 8.46. The van der Waals surface area contributed by atoms with Gasteiger partial charge in [0.15, 0.2) is 0 Å². The van der Waals surface area contributed by atoms with Gasteiger partial charge < -0.3 is 20.4 Å². The van der Waals surface area contributed by atoms with E-state index in [9.17, 15) is 4.79 Å². The first-order chi connectivity index (χ1) is 20.1. The summed E-state index contributed by atoms with van der Waals surface area (Å²) >= 11 is 0. The number of hydrogen-bond donors (Lipinski definition) is 2. The number of anilines is 2. The zero-order valence-corrected chi connectivity index (χ0v) is 28.7. The highest BCUT2D eigenvalue weighted by Crippen LogP contribution is 2.38. The summed E-state index contributed by atoms with van der Waals surface area (Å²) < 4.78 is 0. The molecule has 0 aromatic heterocycles. The summed E-state index contributed by atoms with van der Waals surface area (Å²) in [5.41, 5.74) is 2.93. The van der Waals surface area contributed by atoms with Gasteiger partial charge in [-0.25, -0.2) is 0 Å². The van der Waals surface area contributed by atoms with Crippen molar-refractivity contribution >= 4 is 28.1 Å². The molecule has 2 aliphatic heterocycles. The summed E-state index contributed by atoms with van der Waals surface area (Å²) in [4.78, 5) is 16.8. The van der Waals surface area contributed by atoms with E-state index in [1.807, 2.05) is 73.6 Å². The van der Waals surface area contributed by atoms with Crippen LogP contribution in [-0.2, 0) is 0 Å². The third-order valence-corrected chi connectivity index (χ3v) is 6.10. The van der Waals surface area contributed by atoms with Crippen LogP contribution in [0.25, 0.3) is 10.8 Å². The second kappa shape index (κ2) is 26.3. The molecule has 5 nitrogen and oxygen atoms in total. The number of piperazine rings is 1. The van der Waals surface area contributed by atoms with E-state index in [2.05, 4.69) is 84.7 Å². The molecule has 1 saturated heterocycles. The number of carbonyl (C=O) groups excluding carboxylic acids is 1. The summed E-state index contributed by atoms with van der Waals surface area (Å²) in [6, 6.07) is 10.2. The van der Waals surface area contributed by atoms with E-state index in [-0.39, 0.29) is 5.91 Å². The molecule has 2 N–H and O–H groups in total. The Morgan fingerprint density at radius 1 is 0.878 bits per heavy atom. The lowest BCUT2D eigenvalue weighted by molar-refractivity contribution is 0.103. The van der Waals surface area contributed by atoms with E-state index < -0.39 is 0 Å². The number of allylic oxidation sites excluding steroid dienone is 3. The van der Waals surface area contributed by atoms with E-state index >= 15 is 0 Å². The molecule has 2 aromatic rings. The molecule has 1 amide bonds. The monoisotopic (exact) mass is 569 g/mol. The van der Waals surface area contributed by atoms with Gasteiger partial charge in [0.25, 0.3) is 5.91 Å². The van der Waals surface area contributed by atoms with Gasteiger partial charge in [-0.15, -0.1) is 0 Å². The minimum absolute atomic E-state index is 0.00569. The number of carbonyl (C=O) groups is 1. The Bertz CT molecular complexity index is 977. The van der Waals surface area contributed by atoms with Gasteiger partial charge in [-0.05, 0) is 44.5 Å². The molecule has 1 unspecified atom stereocenters. The molecule has 0 spiro atoms. The van der Waals surface area contributed by atoms with Gasteiger partial charge in [-0.3, -0.25) is 4.79 Å². The third-order valence-electron chi connectivity index (χ3n) is 6.10. The van der Waals surface area contributed by atoms with Crippen molar-refractivity contribution in [1.82, 2.24) is 10.2 Å². The molecule has 5 heteroatoms. The van der Waals surface area contributed by atoms with Gasteiger partial charge >= 0.3 is 0 Å². The molecule has 1 fully saturated rings. The molecule has 0 saturated carbocycles. The molecule has 3 aliphatic rings. The van der Waals surface area contributed by atoms with Crippen LogP contribution in [0.2, 0.25) is 0 Å². The molecule has 41 heavy (non-hydrogen) atoms. The lowest BCUT2D eigenvalue weighted by Crippen LogP contribution is -2.40. The number of likely N-dealkylation sites (N-methyl/N-ethyl adjacent to an activating group) is 1. The number of nitrogens with one attached hydrogen (secondary N) is 2. The predicted molar refractivity (Wildman–Crippen MR) is 188 cm³/mol. The number of benzene rings is 2. The Labute approximate surface area is 254 Å². The molecule has 0 bridgehead atoms. The van der Waals surface area contributed by atoms with Crippen molar-refractivity contribution in [2.75, 3.05) is 56.5 Å². The summed E-state index contributed by atoms with van der Waals surface area (Å²) in [5.74, 6) is 0.550. The fourth-order valence-corrected chi connectivity index (χ4v) is 4.37. The standard InChI is InChI=1S/C20H20N2O.C5H12N2.C3H8.4C2H6/c1-2-22(13-14-7-4-3-5-8-14)18-12-11-17-19-15(18)9-6-10-16(19)20(23)21-17;1-7-4-2-6-3-5-7;1-3-2;4*1-2/h3-7,9-12,14H,2,8,13H2,1H3,(H,21,23);6H,2-5H2,1H3;3H2,1-2H3;4*1-2H3. The first-order valence-electron chi connectivity index (χ1n) is 16.4. The minimum atomic E-state index is 0.00569. The van der Waals surface area contributed by atoms with Gasteiger partial charge in [0, 0.05) is 67.0 Å². The SMILES string of the molecule is CC.CC.CC.CC.CCC.CCN(CC1C=CC=CC1)c1ccc2c3c(cccc13)C(=O)N2.CN1CCNCC1. The molecule has 1 aliphatic carbocycles. The first-order valence-corrected chi connectivity index (χ1v) is 16.4. The Balaban J connectivity index is 0. The van der Waals surface area contributed by atoms with Crippen LogP contribution in [0.5, 0.6) is 0 Å². The van der Waals surface area contributed by atoms with Crippen molar-refractivity contribution in [1.29, 1.82) is 0 Å². The second-order valence-corrected chi connectivity index (χ2v) is 8.92. The van der Waals surface area contributed by atoms with Crippen LogP contribution in [0.1, 0.15) is 99.4 Å². The summed E-state index contributed by atoms with van der Waals surface area (Å²) in [6.07, 6.45) is 11.1. The molecule has 2 aromatic carbocycles. The van der Waals surface area contributed by atoms with Crippen molar-refractivity contribution in [2.45, 2.75) is 89.0 Å². The van der Waals surface area contributed by atoms with Crippen molar-refractivity contribution in [2.24, 2.45) is 5.92 Å². The summed E-state index contributed by atoms with van der Waals surface area (Å²) in [6.45, 7) is 29.1. The lowest BCUT2D eigenvalue weighted by Gasteiger charge is -2.28. The fraction of sp³-hybridized carbons (Fsp3) is 0.583. The van der Waals surface area contributed by atoms with Crippen LogP contribution in [0.4, 0.5) is 11.4 Å². The highest BCUT2D eigenvalue weighted by Gasteiger charge is 2.24. The van der Waals surface area contributed by atoms with E-state index in [4.69, 9.17) is 0 Å². The maximum atomic E-state index is 12.1. The van der Waals surface area contributed by atoms with Gasteiger partial charge in [0.1, 0.15) is 0 Å². The Hall–Kier alpha value is -2.63. The largest absolute Gasteiger partial charge is 0.371 e. The van der Waals surface area contributed by atoms with E-state index in [0.717, 1.165) is 54.6 Å². The van der Waals surface area contributed by atoms with Crippen LogP contribution < -0.4 is 15.5 Å². The Kier molecular flexibility index (Phi) is 26.0. The number of hydrogen-bond acceptors (Lipinski definition) is 4. The molecule has 234 valence electrons. The van der Waals surface area contributed by atoms with Crippen molar-refractivity contribution < 1.29 is 4.79 Å². The zero-order valence-electron chi connectivity index (χ0n) is 28.7. The van der Waals surface area contributed by atoms with Crippen molar-refractivity contribution in [3.05, 3.63) is 60.2 Å². The number of amides is 1. The molecule has 0 radical (unpaired) electrons. The second-order valence-electron chi connectivity index (χ2n) is 8.92. The molecule has 1 atom stereocenters. The minimum Gasteiger partial charge on any atom is -0.371 e. The quantitative estimate of drug-likeness (QED) is 0.386. The average molecular weight is 569 g/mol. The maximum Gasteiger partial charge on any atom is 0.256 e. The highest BCUT2D eigenvalue weighted by atomic mass is 16.1. The average Bonchev–Trinajstić information content (AvgIpc) is 3.38. The molecular weight excluding hydrogens is 504 g/mol. The Morgan fingerprint density at radius 2 is 1.49 bits per heavy atom. The normalized spacial score (nSPS) is 15.7. The first kappa shape index (κ1) is 40.5. The molecule has 2 heterocycles. The van der Waals surface area contributed by atoms with E-state index in [1.54, 1.807) is 0 Å². The van der Waals surface area contributed by atoms with E-state index in [0.29, 0.717) is 5.92 Å². The number of rotatable bonds is 4. The van der Waals surface area contributed by atoms with Gasteiger partial charge in [0.05, 0.1) is 0 Å². The fourth-order valence-electron chi connectivity index (χ4n) is 4.37. The molecular formula is C36H64N4O. The molecule has 5 rings (SSSR count). The van der Waals surface area contributed by atoms with Crippen molar-refractivity contribution in [3.63, 3.8) is 0 Å². The van der Waals surface area contributed by atoms with E-state index in [1.165, 1.54) is 25.2 Å². The van der Waals surface area contributed by atoms with Gasteiger partial charge in [-0.1, -0.05) is 112 Å². The van der Waals surface area contributed by atoms with Gasteiger partial charge in [0.2, 0.25) is 0 Å². The highest BCUT2D eigenvalue weighted by molar-refractivity contribution is 6.25. The maximum absolute atomic E-state index is 12.1. The number of nitrogens with zero attached hydrogens (tertiary/aromatic N) is 2. The van der Waals surface area contributed by atoms with Crippen LogP contribution >= 0.6 is 0 Å². The summed E-state index contributed by atoms with van der Waals surface area (Å²) in [7, 11) is 2.15. The van der Waals surface area contributed by atoms with Gasteiger partial charge in [-0.2, -0.15) is 0 Å². The van der Waals surface area contributed by atoms with Crippen LogP contribution in [0, 0.1) is 5.92 Å². The smallest absolute Gasteiger partial charge is 0.256 e. The lowest BCUT2D eigenvalue weighted by atomic mass is 9.98. The Morgan fingerprint density at radius 3 is 1.98 bits per heavy atom. The zero-order chi connectivity index (χ0) is 31.6. The van der Waals surface area contributed by atoms with Crippen molar-refractivity contribution in [3.8, 4) is 0 Å². The third kappa shape index (κ3) is 13.7.